The van der Waals surface area contributed by atoms with Gasteiger partial charge in [-0.05, 0) is 24.3 Å². The highest BCUT2D eigenvalue weighted by molar-refractivity contribution is 7.99. The highest BCUT2D eigenvalue weighted by Crippen LogP contribution is 2.32. The Morgan fingerprint density at radius 1 is 1.10 bits per heavy atom. The Hall–Kier alpha value is -3.08. The smallest absolute Gasteiger partial charge is 0.320 e. The first-order chi connectivity index (χ1) is 13.6. The van der Waals surface area contributed by atoms with Crippen molar-refractivity contribution in [2.45, 2.75) is 11.1 Å². The van der Waals surface area contributed by atoms with Crippen molar-refractivity contribution < 1.29 is 18.0 Å². The molecular weight excluding hydrogens is 409 g/mol. The zero-order chi connectivity index (χ0) is 21.3. The van der Waals surface area contributed by atoms with Gasteiger partial charge in [0.2, 0.25) is 0 Å². The molecular formula is C18H15F3N4O3S. The predicted molar refractivity (Wildman–Crippen MR) is 103 cm³/mol. The highest BCUT2D eigenvalue weighted by Gasteiger charge is 2.27. The molecule has 1 aromatic carbocycles. The first kappa shape index (κ1) is 20.6. The number of amides is 1. The molecule has 7 nitrogen and oxygen atoms in total. The van der Waals surface area contributed by atoms with Gasteiger partial charge in [-0.25, -0.2) is 9.78 Å². The number of pyridine rings is 1. The van der Waals surface area contributed by atoms with Crippen molar-refractivity contribution in [3.8, 4) is 0 Å². The molecule has 0 unspecified atom stereocenters. The number of nitrogens with zero attached hydrogens (tertiary/aromatic N) is 3. The Balaban J connectivity index is 1.94. The van der Waals surface area contributed by atoms with E-state index < -0.39 is 29.1 Å². The summed E-state index contributed by atoms with van der Waals surface area (Å²) in [5.74, 6) is -1.78. The SMILES string of the molecule is Cn1c(=O)c2ccc(C(=O)Nc3ccccc3SCC(F)(F)F)nc2n(C)c1=O. The van der Waals surface area contributed by atoms with Crippen LogP contribution in [0, 0.1) is 0 Å². The summed E-state index contributed by atoms with van der Waals surface area (Å²) >= 11 is 0.552. The number of carbonyl (C=O) groups is 1. The second kappa shape index (κ2) is 7.74. The summed E-state index contributed by atoms with van der Waals surface area (Å²) in [5.41, 5.74) is -0.994. The fraction of sp³-hybridized carbons (Fsp3) is 0.222. The largest absolute Gasteiger partial charge is 0.398 e. The maximum Gasteiger partial charge on any atom is 0.398 e. The average molecular weight is 424 g/mol. The monoisotopic (exact) mass is 424 g/mol. The molecule has 0 spiro atoms. The Labute approximate surface area is 166 Å². The molecule has 2 heterocycles. The van der Waals surface area contributed by atoms with Crippen molar-refractivity contribution in [2.75, 3.05) is 11.1 Å². The zero-order valence-electron chi connectivity index (χ0n) is 15.3. The number of aryl methyl sites for hydroxylation is 1. The minimum absolute atomic E-state index is 0.0329. The Morgan fingerprint density at radius 2 is 1.79 bits per heavy atom. The summed E-state index contributed by atoms with van der Waals surface area (Å²) in [6.45, 7) is 0. The number of fused-ring (bicyclic) bond motifs is 1. The van der Waals surface area contributed by atoms with Gasteiger partial charge >= 0.3 is 11.9 Å². The van der Waals surface area contributed by atoms with Gasteiger partial charge in [-0.3, -0.25) is 18.7 Å². The van der Waals surface area contributed by atoms with Gasteiger partial charge in [-0.2, -0.15) is 13.2 Å². The summed E-state index contributed by atoms with van der Waals surface area (Å²) in [7, 11) is 2.75. The number of anilines is 1. The number of thioether (sulfide) groups is 1. The number of halogens is 3. The highest BCUT2D eigenvalue weighted by atomic mass is 32.2. The molecule has 29 heavy (non-hydrogen) atoms. The lowest BCUT2D eigenvalue weighted by Crippen LogP contribution is -2.37. The number of aromatic nitrogens is 3. The number of para-hydroxylation sites is 1. The zero-order valence-corrected chi connectivity index (χ0v) is 16.1. The third-order valence-corrected chi connectivity index (χ3v) is 5.20. The molecule has 0 atom stereocenters. The van der Waals surface area contributed by atoms with Crippen LogP contribution in [0.25, 0.3) is 11.0 Å². The molecule has 1 amide bonds. The molecule has 0 saturated heterocycles. The van der Waals surface area contributed by atoms with E-state index in [-0.39, 0.29) is 27.3 Å². The van der Waals surface area contributed by atoms with Crippen LogP contribution in [-0.4, -0.2) is 32.0 Å². The van der Waals surface area contributed by atoms with Crippen LogP contribution in [-0.2, 0) is 14.1 Å². The summed E-state index contributed by atoms with van der Waals surface area (Å²) < 4.78 is 39.6. The minimum Gasteiger partial charge on any atom is -0.320 e. The maximum absolute atomic E-state index is 12.6. The van der Waals surface area contributed by atoms with Gasteiger partial charge in [0.05, 0.1) is 16.8 Å². The van der Waals surface area contributed by atoms with Crippen molar-refractivity contribution in [3.05, 3.63) is 62.9 Å². The molecule has 0 radical (unpaired) electrons. The molecule has 152 valence electrons. The second-order valence-electron chi connectivity index (χ2n) is 6.13. The van der Waals surface area contributed by atoms with E-state index in [1.165, 1.54) is 38.4 Å². The van der Waals surface area contributed by atoms with E-state index in [2.05, 4.69) is 10.3 Å². The third-order valence-electron chi connectivity index (χ3n) is 4.06. The van der Waals surface area contributed by atoms with Gasteiger partial charge < -0.3 is 5.32 Å². The maximum atomic E-state index is 12.6. The average Bonchev–Trinajstić information content (AvgIpc) is 2.69. The van der Waals surface area contributed by atoms with E-state index in [0.29, 0.717) is 11.8 Å². The molecule has 0 saturated carbocycles. The number of hydrogen-bond donors (Lipinski definition) is 1. The lowest BCUT2D eigenvalue weighted by Gasteiger charge is -2.12. The van der Waals surface area contributed by atoms with Gasteiger partial charge in [0, 0.05) is 19.0 Å². The van der Waals surface area contributed by atoms with E-state index in [1.54, 1.807) is 12.1 Å². The van der Waals surface area contributed by atoms with Crippen molar-refractivity contribution in [2.24, 2.45) is 14.1 Å². The van der Waals surface area contributed by atoms with E-state index in [0.717, 1.165) is 9.13 Å². The van der Waals surface area contributed by atoms with Crippen LogP contribution in [0.2, 0.25) is 0 Å². The number of carbonyl (C=O) groups excluding carboxylic acids is 1. The molecule has 0 bridgehead atoms. The van der Waals surface area contributed by atoms with Crippen molar-refractivity contribution in [1.29, 1.82) is 0 Å². The van der Waals surface area contributed by atoms with Gasteiger partial charge in [0.25, 0.3) is 11.5 Å². The summed E-state index contributed by atoms with van der Waals surface area (Å²) in [4.78, 5) is 41.2. The number of hydrogen-bond acceptors (Lipinski definition) is 5. The van der Waals surface area contributed by atoms with Crippen molar-refractivity contribution in [3.63, 3.8) is 0 Å². The van der Waals surface area contributed by atoms with Crippen LogP contribution in [0.15, 0.2) is 50.9 Å². The quantitative estimate of drug-likeness (QED) is 0.651. The predicted octanol–water partition coefficient (Wildman–Crippen LogP) is 2.54. The number of rotatable bonds is 4. The van der Waals surface area contributed by atoms with Crippen LogP contribution in [0.1, 0.15) is 10.5 Å². The Kier molecular flexibility index (Phi) is 5.51. The number of alkyl halides is 3. The van der Waals surface area contributed by atoms with E-state index in [9.17, 15) is 27.6 Å². The van der Waals surface area contributed by atoms with Gasteiger partial charge in [-0.15, -0.1) is 11.8 Å². The van der Waals surface area contributed by atoms with Crippen LogP contribution in [0.4, 0.5) is 18.9 Å². The third kappa shape index (κ3) is 4.34. The van der Waals surface area contributed by atoms with Crippen LogP contribution in [0.3, 0.4) is 0 Å². The van der Waals surface area contributed by atoms with Crippen LogP contribution < -0.4 is 16.6 Å². The first-order valence-electron chi connectivity index (χ1n) is 8.25. The van der Waals surface area contributed by atoms with E-state index in [1.807, 2.05) is 0 Å². The molecule has 0 aliphatic carbocycles. The molecule has 2 aromatic heterocycles. The minimum atomic E-state index is -4.35. The molecule has 0 aliphatic heterocycles. The van der Waals surface area contributed by atoms with Gasteiger partial charge in [0.1, 0.15) is 11.3 Å². The lowest BCUT2D eigenvalue weighted by molar-refractivity contribution is -0.105. The molecule has 3 rings (SSSR count). The van der Waals surface area contributed by atoms with Crippen LogP contribution >= 0.6 is 11.8 Å². The van der Waals surface area contributed by atoms with Gasteiger partial charge in [0.15, 0.2) is 0 Å². The van der Waals surface area contributed by atoms with E-state index >= 15 is 0 Å². The molecule has 1 N–H and O–H groups in total. The topological polar surface area (TPSA) is 86.0 Å². The fourth-order valence-corrected chi connectivity index (χ4v) is 3.39. The van der Waals surface area contributed by atoms with Crippen LogP contribution in [0.5, 0.6) is 0 Å². The summed E-state index contributed by atoms with van der Waals surface area (Å²) in [6, 6.07) is 8.78. The first-order valence-corrected chi connectivity index (χ1v) is 9.24. The standard InChI is InChI=1S/C18H15F3N4O3S/c1-24-14-10(16(27)25(2)17(24)28)7-8-12(22-14)15(26)23-11-5-3-4-6-13(11)29-9-18(19,20)21/h3-8H,9H2,1-2H3,(H,23,26). The summed E-state index contributed by atoms with van der Waals surface area (Å²) in [6.07, 6.45) is -4.35. The van der Waals surface area contributed by atoms with Crippen molar-refractivity contribution >= 4 is 34.4 Å². The normalized spacial score (nSPS) is 11.6. The number of benzene rings is 1. The summed E-state index contributed by atoms with van der Waals surface area (Å²) in [5, 5.41) is 2.69. The molecule has 0 aliphatic rings. The Bertz CT molecular complexity index is 1220. The molecule has 0 fully saturated rings. The van der Waals surface area contributed by atoms with E-state index in [4.69, 9.17) is 0 Å². The van der Waals surface area contributed by atoms with Crippen molar-refractivity contribution in [1.82, 2.24) is 14.1 Å². The fourth-order valence-electron chi connectivity index (χ4n) is 2.62. The molecule has 11 heteroatoms. The molecule has 3 aromatic rings. The lowest BCUT2D eigenvalue weighted by atomic mass is 10.2. The number of nitrogens with one attached hydrogen (secondary N) is 1. The second-order valence-corrected chi connectivity index (χ2v) is 7.14. The Morgan fingerprint density at radius 3 is 2.48 bits per heavy atom. The van der Waals surface area contributed by atoms with Gasteiger partial charge in [-0.1, -0.05) is 12.1 Å².